The summed E-state index contributed by atoms with van der Waals surface area (Å²) in [5.74, 6) is 1.20. The summed E-state index contributed by atoms with van der Waals surface area (Å²) in [6, 6.07) is 0. The third-order valence-corrected chi connectivity index (χ3v) is 2.61. The Morgan fingerprint density at radius 3 is 2.38 bits per heavy atom. The van der Waals surface area contributed by atoms with Gasteiger partial charge in [-0.05, 0) is 37.1 Å². The smallest absolute Gasteiger partial charge is 0.166 e. The maximum absolute atomic E-state index is 5.09. The number of hydrogen-bond donors (Lipinski definition) is 2. The molecule has 0 atom stereocenters. The van der Waals surface area contributed by atoms with Gasteiger partial charge >= 0.3 is 0 Å². The number of nitrogens with one attached hydrogen (secondary N) is 2. The second-order valence-corrected chi connectivity index (χ2v) is 4.28. The van der Waals surface area contributed by atoms with Crippen molar-refractivity contribution < 1.29 is 0 Å². The Labute approximate surface area is 91.2 Å². The van der Waals surface area contributed by atoms with E-state index < -0.39 is 0 Å². The molecule has 0 bridgehead atoms. The van der Waals surface area contributed by atoms with Crippen LogP contribution in [-0.4, -0.2) is 30.2 Å². The van der Waals surface area contributed by atoms with E-state index >= 15 is 0 Å². The van der Waals surface area contributed by atoms with Gasteiger partial charge < -0.3 is 10.6 Å². The first kappa shape index (κ1) is 13.0. The van der Waals surface area contributed by atoms with Gasteiger partial charge in [-0.2, -0.15) is 11.8 Å². The normalized spacial score (nSPS) is 9.69. The molecule has 4 heteroatoms. The first-order valence-corrected chi connectivity index (χ1v) is 6.62. The Hall–Kier alpha value is 0.0400. The van der Waals surface area contributed by atoms with E-state index in [0.29, 0.717) is 0 Å². The molecule has 2 nitrogen and oxygen atoms in total. The summed E-state index contributed by atoms with van der Waals surface area (Å²) in [7, 11) is 0. The van der Waals surface area contributed by atoms with Crippen molar-refractivity contribution in [2.75, 3.05) is 25.1 Å². The van der Waals surface area contributed by atoms with Crippen LogP contribution < -0.4 is 10.6 Å². The van der Waals surface area contributed by atoms with Gasteiger partial charge in [-0.3, -0.25) is 0 Å². The Morgan fingerprint density at radius 1 is 1.23 bits per heavy atom. The summed E-state index contributed by atoms with van der Waals surface area (Å²) >= 11 is 6.96. The van der Waals surface area contributed by atoms with Crippen LogP contribution in [0.5, 0.6) is 0 Å². The van der Waals surface area contributed by atoms with Gasteiger partial charge in [-0.1, -0.05) is 13.3 Å². The van der Waals surface area contributed by atoms with E-state index in [4.69, 9.17) is 12.2 Å². The monoisotopic (exact) mass is 220 g/mol. The SMILES string of the molecule is CCCCNC(=S)NCCCSC. The van der Waals surface area contributed by atoms with E-state index in [1.54, 1.807) is 0 Å². The number of rotatable bonds is 7. The highest BCUT2D eigenvalue weighted by Crippen LogP contribution is 1.93. The number of hydrogen-bond acceptors (Lipinski definition) is 2. The molecule has 0 saturated heterocycles. The van der Waals surface area contributed by atoms with Crippen molar-refractivity contribution >= 4 is 29.1 Å². The minimum absolute atomic E-state index is 0.801. The molecule has 0 amide bonds. The second-order valence-electron chi connectivity index (χ2n) is 2.88. The predicted molar refractivity (Wildman–Crippen MR) is 66.5 cm³/mol. The molecule has 0 fully saturated rings. The fourth-order valence-electron chi connectivity index (χ4n) is 0.860. The van der Waals surface area contributed by atoms with Crippen molar-refractivity contribution in [2.45, 2.75) is 26.2 Å². The molecule has 0 aromatic heterocycles. The van der Waals surface area contributed by atoms with E-state index in [2.05, 4.69) is 23.8 Å². The van der Waals surface area contributed by atoms with Crippen LogP contribution in [0.1, 0.15) is 26.2 Å². The fourth-order valence-corrected chi connectivity index (χ4v) is 1.50. The maximum atomic E-state index is 5.09. The van der Waals surface area contributed by atoms with E-state index in [0.717, 1.165) is 18.2 Å². The summed E-state index contributed by atoms with van der Waals surface area (Å²) in [6.07, 6.45) is 5.70. The van der Waals surface area contributed by atoms with Gasteiger partial charge in [0.2, 0.25) is 0 Å². The van der Waals surface area contributed by atoms with E-state index in [1.807, 2.05) is 11.8 Å². The van der Waals surface area contributed by atoms with Crippen LogP contribution in [0.15, 0.2) is 0 Å². The molecule has 0 spiro atoms. The highest BCUT2D eigenvalue weighted by Gasteiger charge is 1.92. The van der Waals surface area contributed by atoms with Crippen molar-refractivity contribution in [1.29, 1.82) is 0 Å². The van der Waals surface area contributed by atoms with Crippen LogP contribution in [0.4, 0.5) is 0 Å². The average Bonchev–Trinajstić information content (AvgIpc) is 2.13. The molecule has 2 N–H and O–H groups in total. The molecule has 0 aromatic rings. The summed E-state index contributed by atoms with van der Waals surface area (Å²) < 4.78 is 0. The lowest BCUT2D eigenvalue weighted by molar-refractivity contribution is 0.735. The highest BCUT2D eigenvalue weighted by molar-refractivity contribution is 7.98. The first-order valence-electron chi connectivity index (χ1n) is 4.82. The molecule has 0 aliphatic carbocycles. The van der Waals surface area contributed by atoms with Crippen molar-refractivity contribution in [3.63, 3.8) is 0 Å². The van der Waals surface area contributed by atoms with Gasteiger partial charge in [0.1, 0.15) is 0 Å². The lowest BCUT2D eigenvalue weighted by atomic mass is 10.3. The number of thioether (sulfide) groups is 1. The average molecular weight is 220 g/mol. The van der Waals surface area contributed by atoms with Crippen LogP contribution in [-0.2, 0) is 0 Å². The van der Waals surface area contributed by atoms with Crippen LogP contribution in [0.2, 0.25) is 0 Å². The fraction of sp³-hybridized carbons (Fsp3) is 0.889. The van der Waals surface area contributed by atoms with Gasteiger partial charge in [0.15, 0.2) is 5.11 Å². The molecule has 13 heavy (non-hydrogen) atoms. The molecule has 0 radical (unpaired) electrons. The Morgan fingerprint density at radius 2 is 1.85 bits per heavy atom. The number of thiocarbonyl (C=S) groups is 1. The third kappa shape index (κ3) is 9.96. The summed E-state index contributed by atoms with van der Waals surface area (Å²) in [5.41, 5.74) is 0. The zero-order chi connectivity index (χ0) is 9.94. The minimum Gasteiger partial charge on any atom is -0.363 e. The van der Waals surface area contributed by atoms with Gasteiger partial charge in [-0.15, -0.1) is 0 Å². The summed E-state index contributed by atoms with van der Waals surface area (Å²) in [6.45, 7) is 4.15. The highest BCUT2D eigenvalue weighted by atomic mass is 32.2. The molecule has 0 aliphatic heterocycles. The van der Waals surface area contributed by atoms with Crippen LogP contribution in [0.25, 0.3) is 0 Å². The molecule has 78 valence electrons. The first-order chi connectivity index (χ1) is 6.31. The van der Waals surface area contributed by atoms with Crippen molar-refractivity contribution in [1.82, 2.24) is 10.6 Å². The molecular formula is C9H20N2S2. The second kappa shape index (κ2) is 10.1. The predicted octanol–water partition coefficient (Wildman–Crippen LogP) is 2.00. The largest absolute Gasteiger partial charge is 0.363 e. The van der Waals surface area contributed by atoms with E-state index in [9.17, 15) is 0 Å². The number of unbranched alkanes of at least 4 members (excludes halogenated alkanes) is 1. The van der Waals surface area contributed by atoms with E-state index in [-0.39, 0.29) is 0 Å². The Bertz CT molecular complexity index is 129. The Kier molecular flexibility index (Phi) is 10.2. The van der Waals surface area contributed by atoms with Gasteiger partial charge in [-0.25, -0.2) is 0 Å². The molecule has 0 aliphatic rings. The third-order valence-electron chi connectivity index (χ3n) is 1.63. The lowest BCUT2D eigenvalue weighted by Gasteiger charge is -2.09. The topological polar surface area (TPSA) is 24.1 Å². The Balaban J connectivity index is 3.11. The van der Waals surface area contributed by atoms with Crippen molar-refractivity contribution in [3.8, 4) is 0 Å². The molecule has 0 aromatic carbocycles. The molecule has 0 rings (SSSR count). The standard InChI is InChI=1S/C9H20N2S2/c1-3-4-6-10-9(12)11-7-5-8-13-2/h3-8H2,1-2H3,(H2,10,11,12). The maximum Gasteiger partial charge on any atom is 0.166 e. The van der Waals surface area contributed by atoms with E-state index in [1.165, 1.54) is 25.0 Å². The van der Waals surface area contributed by atoms with Crippen LogP contribution in [0.3, 0.4) is 0 Å². The molecule has 0 unspecified atom stereocenters. The summed E-state index contributed by atoms with van der Waals surface area (Å²) in [4.78, 5) is 0. The van der Waals surface area contributed by atoms with Gasteiger partial charge in [0.25, 0.3) is 0 Å². The van der Waals surface area contributed by atoms with Crippen molar-refractivity contribution in [2.24, 2.45) is 0 Å². The molecular weight excluding hydrogens is 200 g/mol. The quantitative estimate of drug-likeness (QED) is 0.506. The van der Waals surface area contributed by atoms with Crippen molar-refractivity contribution in [3.05, 3.63) is 0 Å². The lowest BCUT2D eigenvalue weighted by Crippen LogP contribution is -2.36. The summed E-state index contributed by atoms with van der Waals surface area (Å²) in [5, 5.41) is 7.16. The molecule has 0 heterocycles. The molecule has 0 saturated carbocycles. The zero-order valence-corrected chi connectivity index (χ0v) is 10.2. The van der Waals surface area contributed by atoms with Gasteiger partial charge in [0.05, 0.1) is 0 Å². The van der Waals surface area contributed by atoms with Crippen LogP contribution in [0, 0.1) is 0 Å². The zero-order valence-electron chi connectivity index (χ0n) is 8.56. The van der Waals surface area contributed by atoms with Crippen LogP contribution >= 0.6 is 24.0 Å². The van der Waals surface area contributed by atoms with Gasteiger partial charge in [0, 0.05) is 13.1 Å². The minimum atomic E-state index is 0.801.